The Morgan fingerprint density at radius 3 is 2.15 bits per heavy atom. The first kappa shape index (κ1) is 9.40. The van der Waals surface area contributed by atoms with Crippen LogP contribution in [0.15, 0.2) is 0 Å². The molecule has 2 aliphatic rings. The lowest BCUT2D eigenvalue weighted by Crippen LogP contribution is -2.41. The third-order valence-electron chi connectivity index (χ3n) is 2.25. The number of rotatable bonds is 1. The molecule has 2 fully saturated rings. The monoisotopic (exact) mass is 188 g/mol. The quantitative estimate of drug-likeness (QED) is 0.602. The molecular formula is C9H16O4. The minimum atomic E-state index is -0.220. The van der Waals surface area contributed by atoms with Crippen LogP contribution in [0, 0.1) is 0 Å². The van der Waals surface area contributed by atoms with Crippen LogP contribution in [0.1, 0.15) is 12.8 Å². The Morgan fingerprint density at radius 2 is 1.54 bits per heavy atom. The van der Waals surface area contributed by atoms with Crippen molar-refractivity contribution in [3.05, 3.63) is 0 Å². The topological polar surface area (TPSA) is 36.9 Å². The summed E-state index contributed by atoms with van der Waals surface area (Å²) in [6.45, 7) is 3.46. The molecule has 1 atom stereocenters. The van der Waals surface area contributed by atoms with Gasteiger partial charge in [-0.15, -0.1) is 0 Å². The molecule has 0 aromatic heterocycles. The van der Waals surface area contributed by atoms with Crippen molar-refractivity contribution in [2.45, 2.75) is 25.2 Å². The summed E-state index contributed by atoms with van der Waals surface area (Å²) in [5.41, 5.74) is 0. The summed E-state index contributed by atoms with van der Waals surface area (Å²) in [5, 5.41) is 0. The van der Waals surface area contributed by atoms with Crippen molar-refractivity contribution in [3.63, 3.8) is 0 Å². The van der Waals surface area contributed by atoms with Gasteiger partial charge in [0.05, 0.1) is 19.8 Å². The highest BCUT2D eigenvalue weighted by Gasteiger charge is 2.27. The summed E-state index contributed by atoms with van der Waals surface area (Å²) < 4.78 is 21.8. The SMILES string of the molecule is C1CCOC(C2COCCO2)OC1. The summed E-state index contributed by atoms with van der Waals surface area (Å²) in [7, 11) is 0. The van der Waals surface area contributed by atoms with E-state index >= 15 is 0 Å². The lowest BCUT2D eigenvalue weighted by Gasteiger charge is -2.28. The average Bonchev–Trinajstić information content (AvgIpc) is 2.47. The maximum absolute atomic E-state index is 5.52. The molecule has 0 radical (unpaired) electrons. The molecule has 0 aliphatic carbocycles. The Morgan fingerprint density at radius 1 is 0.769 bits per heavy atom. The largest absolute Gasteiger partial charge is 0.376 e. The molecule has 0 saturated carbocycles. The van der Waals surface area contributed by atoms with Gasteiger partial charge in [0, 0.05) is 13.2 Å². The molecule has 2 heterocycles. The standard InChI is InChI=1S/C9H16O4/c1-2-4-13-9(12-3-1)8-7-10-5-6-11-8/h8-9H,1-7H2. The molecule has 0 spiro atoms. The Balaban J connectivity index is 1.82. The number of hydrogen-bond acceptors (Lipinski definition) is 4. The summed E-state index contributed by atoms with van der Waals surface area (Å²) >= 11 is 0. The maximum atomic E-state index is 5.52. The highest BCUT2D eigenvalue weighted by molar-refractivity contribution is 4.67. The van der Waals surface area contributed by atoms with Gasteiger partial charge in [-0.05, 0) is 12.8 Å². The van der Waals surface area contributed by atoms with Gasteiger partial charge in [0.1, 0.15) is 6.10 Å². The van der Waals surface area contributed by atoms with E-state index < -0.39 is 0 Å². The van der Waals surface area contributed by atoms with Gasteiger partial charge in [0.2, 0.25) is 0 Å². The molecule has 4 nitrogen and oxygen atoms in total. The molecule has 76 valence electrons. The molecule has 0 N–H and O–H groups in total. The zero-order valence-electron chi connectivity index (χ0n) is 7.74. The highest BCUT2D eigenvalue weighted by atomic mass is 16.7. The zero-order valence-corrected chi connectivity index (χ0v) is 7.74. The van der Waals surface area contributed by atoms with Crippen molar-refractivity contribution in [2.75, 3.05) is 33.0 Å². The second kappa shape index (κ2) is 4.91. The van der Waals surface area contributed by atoms with E-state index in [1.54, 1.807) is 0 Å². The summed E-state index contributed by atoms with van der Waals surface area (Å²) in [6.07, 6.45) is 1.89. The first-order valence-electron chi connectivity index (χ1n) is 4.89. The van der Waals surface area contributed by atoms with Crippen LogP contribution in [0.4, 0.5) is 0 Å². The predicted molar refractivity (Wildman–Crippen MR) is 45.5 cm³/mol. The van der Waals surface area contributed by atoms with Crippen LogP contribution in [-0.4, -0.2) is 45.4 Å². The third kappa shape index (κ3) is 2.64. The third-order valence-corrected chi connectivity index (χ3v) is 2.25. The van der Waals surface area contributed by atoms with E-state index in [4.69, 9.17) is 18.9 Å². The van der Waals surface area contributed by atoms with Crippen molar-refractivity contribution >= 4 is 0 Å². The molecule has 0 aromatic carbocycles. The molecule has 2 saturated heterocycles. The lowest BCUT2D eigenvalue weighted by molar-refractivity contribution is -0.229. The first-order valence-corrected chi connectivity index (χ1v) is 4.89. The van der Waals surface area contributed by atoms with Gasteiger partial charge in [-0.3, -0.25) is 0 Å². The molecule has 13 heavy (non-hydrogen) atoms. The van der Waals surface area contributed by atoms with Gasteiger partial charge in [0.15, 0.2) is 6.29 Å². The normalized spacial score (nSPS) is 32.8. The minimum absolute atomic E-state index is 0.0353. The van der Waals surface area contributed by atoms with Crippen molar-refractivity contribution < 1.29 is 18.9 Å². The molecule has 1 unspecified atom stereocenters. The van der Waals surface area contributed by atoms with E-state index in [2.05, 4.69) is 0 Å². The Bertz CT molecular complexity index is 137. The maximum Gasteiger partial charge on any atom is 0.185 e. The van der Waals surface area contributed by atoms with Gasteiger partial charge >= 0.3 is 0 Å². The van der Waals surface area contributed by atoms with Crippen molar-refractivity contribution in [1.82, 2.24) is 0 Å². The Labute approximate surface area is 78.1 Å². The van der Waals surface area contributed by atoms with Crippen LogP contribution < -0.4 is 0 Å². The smallest absolute Gasteiger partial charge is 0.185 e. The molecular weight excluding hydrogens is 172 g/mol. The fourth-order valence-electron chi connectivity index (χ4n) is 1.53. The molecule has 4 heteroatoms. The van der Waals surface area contributed by atoms with E-state index in [0.717, 1.165) is 26.1 Å². The predicted octanol–water partition coefficient (Wildman–Crippen LogP) is 0.555. The minimum Gasteiger partial charge on any atom is -0.376 e. The Kier molecular flexibility index (Phi) is 3.55. The molecule has 0 aromatic rings. The molecule has 2 aliphatic heterocycles. The molecule has 2 rings (SSSR count). The second-order valence-electron chi connectivity index (χ2n) is 3.30. The Hall–Kier alpha value is -0.160. The summed E-state index contributed by atoms with van der Waals surface area (Å²) in [6, 6.07) is 0. The molecule has 0 amide bonds. The lowest BCUT2D eigenvalue weighted by atomic mass is 10.3. The zero-order chi connectivity index (χ0) is 8.93. The number of ether oxygens (including phenoxy) is 4. The van der Waals surface area contributed by atoms with Crippen molar-refractivity contribution in [1.29, 1.82) is 0 Å². The van der Waals surface area contributed by atoms with E-state index in [0.29, 0.717) is 19.8 Å². The van der Waals surface area contributed by atoms with Crippen LogP contribution in [0.5, 0.6) is 0 Å². The van der Waals surface area contributed by atoms with Crippen LogP contribution in [0.3, 0.4) is 0 Å². The fraction of sp³-hybridized carbons (Fsp3) is 1.00. The average molecular weight is 188 g/mol. The van der Waals surface area contributed by atoms with Crippen molar-refractivity contribution in [3.8, 4) is 0 Å². The van der Waals surface area contributed by atoms with E-state index in [1.165, 1.54) is 0 Å². The van der Waals surface area contributed by atoms with Crippen molar-refractivity contribution in [2.24, 2.45) is 0 Å². The van der Waals surface area contributed by atoms with E-state index in [-0.39, 0.29) is 12.4 Å². The van der Waals surface area contributed by atoms with Crippen LogP contribution in [0.25, 0.3) is 0 Å². The van der Waals surface area contributed by atoms with E-state index in [9.17, 15) is 0 Å². The van der Waals surface area contributed by atoms with Gasteiger partial charge in [-0.2, -0.15) is 0 Å². The van der Waals surface area contributed by atoms with Crippen LogP contribution in [0.2, 0.25) is 0 Å². The van der Waals surface area contributed by atoms with Gasteiger partial charge in [-0.25, -0.2) is 0 Å². The fourth-order valence-corrected chi connectivity index (χ4v) is 1.53. The van der Waals surface area contributed by atoms with Crippen LogP contribution >= 0.6 is 0 Å². The first-order chi connectivity index (χ1) is 6.47. The summed E-state index contributed by atoms with van der Waals surface area (Å²) in [5.74, 6) is 0. The highest BCUT2D eigenvalue weighted by Crippen LogP contribution is 2.14. The van der Waals surface area contributed by atoms with Gasteiger partial charge in [-0.1, -0.05) is 0 Å². The second-order valence-corrected chi connectivity index (χ2v) is 3.30. The summed E-state index contributed by atoms with van der Waals surface area (Å²) in [4.78, 5) is 0. The van der Waals surface area contributed by atoms with Crippen LogP contribution in [-0.2, 0) is 18.9 Å². The molecule has 0 bridgehead atoms. The van der Waals surface area contributed by atoms with E-state index in [1.807, 2.05) is 0 Å². The van der Waals surface area contributed by atoms with Gasteiger partial charge in [0.25, 0.3) is 0 Å². The van der Waals surface area contributed by atoms with Gasteiger partial charge < -0.3 is 18.9 Å². The number of hydrogen-bond donors (Lipinski definition) is 0.